The van der Waals surface area contributed by atoms with Crippen LogP contribution in [-0.2, 0) is 22.5 Å². The van der Waals surface area contributed by atoms with Gasteiger partial charge in [-0.15, -0.1) is 12.4 Å². The van der Waals surface area contributed by atoms with E-state index in [1.54, 1.807) is 0 Å². The summed E-state index contributed by atoms with van der Waals surface area (Å²) in [5.74, 6) is -0.402. The monoisotopic (exact) mass is 384 g/mol. The van der Waals surface area contributed by atoms with Crippen molar-refractivity contribution >= 4 is 35.7 Å². The molecule has 6 nitrogen and oxygen atoms in total. The molecule has 0 aliphatic rings. The van der Waals surface area contributed by atoms with Crippen LogP contribution in [0.25, 0.3) is 0 Å². The lowest BCUT2D eigenvalue weighted by molar-refractivity contribution is -0.384. The number of hydrogen-bond donors (Lipinski definition) is 1. The first-order valence-electron chi connectivity index (χ1n) is 7.29. The summed E-state index contributed by atoms with van der Waals surface area (Å²) >= 11 is 6.08. The number of nitro groups is 1. The number of esters is 1. The van der Waals surface area contributed by atoms with Gasteiger partial charge in [0.1, 0.15) is 6.04 Å². The number of nitrogens with one attached hydrogen (secondary N) is 1. The number of nitrogens with zero attached hydrogens (tertiary/aromatic N) is 1. The Morgan fingerprint density at radius 1 is 1.28 bits per heavy atom. The molecular weight excluding hydrogens is 367 g/mol. The van der Waals surface area contributed by atoms with Crippen LogP contribution in [0.1, 0.15) is 11.1 Å². The van der Waals surface area contributed by atoms with Crippen molar-refractivity contribution in [2.24, 2.45) is 0 Å². The summed E-state index contributed by atoms with van der Waals surface area (Å²) in [6.45, 7) is 0.215. The van der Waals surface area contributed by atoms with Crippen LogP contribution >= 0.6 is 24.0 Å². The van der Waals surface area contributed by atoms with Gasteiger partial charge in [0.15, 0.2) is 0 Å². The summed E-state index contributed by atoms with van der Waals surface area (Å²) in [6.07, 6.45) is 0.445. The molecule has 0 spiro atoms. The van der Waals surface area contributed by atoms with E-state index in [-0.39, 0.29) is 24.6 Å². The second-order valence-corrected chi connectivity index (χ2v) is 5.59. The van der Waals surface area contributed by atoms with Gasteiger partial charge < -0.3 is 4.74 Å². The highest BCUT2D eigenvalue weighted by atomic mass is 35.5. The van der Waals surface area contributed by atoms with Gasteiger partial charge in [-0.2, -0.15) is 0 Å². The van der Waals surface area contributed by atoms with E-state index in [1.807, 2.05) is 30.3 Å². The molecule has 0 heterocycles. The number of carbonyl (C=O) groups is 1. The van der Waals surface area contributed by atoms with E-state index in [4.69, 9.17) is 16.3 Å². The van der Waals surface area contributed by atoms with Crippen molar-refractivity contribution in [1.82, 2.24) is 5.32 Å². The Balaban J connectivity index is 0.00000312. The number of nitro benzene ring substituents is 1. The number of rotatable bonds is 7. The van der Waals surface area contributed by atoms with Crippen LogP contribution in [0.2, 0.25) is 5.02 Å². The Hall–Kier alpha value is -2.15. The number of benzene rings is 2. The summed E-state index contributed by atoms with van der Waals surface area (Å²) in [5, 5.41) is 14.3. The molecule has 0 unspecified atom stereocenters. The fraction of sp³-hybridized carbons (Fsp3) is 0.235. The summed E-state index contributed by atoms with van der Waals surface area (Å²) in [4.78, 5) is 22.4. The van der Waals surface area contributed by atoms with Crippen molar-refractivity contribution in [2.45, 2.75) is 19.0 Å². The van der Waals surface area contributed by atoms with Crippen molar-refractivity contribution in [3.05, 3.63) is 74.8 Å². The van der Waals surface area contributed by atoms with Crippen LogP contribution in [0.4, 0.5) is 5.69 Å². The normalized spacial score (nSPS) is 11.3. The van der Waals surface area contributed by atoms with Gasteiger partial charge in [-0.1, -0.05) is 41.9 Å². The molecule has 8 heteroatoms. The molecule has 1 N–H and O–H groups in total. The summed E-state index contributed by atoms with van der Waals surface area (Å²) < 4.78 is 4.82. The van der Waals surface area contributed by atoms with E-state index in [0.29, 0.717) is 17.0 Å². The number of hydrogen-bond acceptors (Lipinski definition) is 5. The van der Waals surface area contributed by atoms with Gasteiger partial charge in [0, 0.05) is 23.7 Å². The fourth-order valence-electron chi connectivity index (χ4n) is 2.27. The smallest absolute Gasteiger partial charge is 0.323 e. The van der Waals surface area contributed by atoms with E-state index >= 15 is 0 Å². The average Bonchev–Trinajstić information content (AvgIpc) is 2.59. The van der Waals surface area contributed by atoms with Gasteiger partial charge in [0.05, 0.1) is 12.0 Å². The van der Waals surface area contributed by atoms with Gasteiger partial charge in [0.25, 0.3) is 5.69 Å². The highest BCUT2D eigenvalue weighted by Crippen LogP contribution is 2.22. The first kappa shape index (κ1) is 20.9. The van der Waals surface area contributed by atoms with E-state index in [1.165, 1.54) is 25.3 Å². The third-order valence-corrected chi connectivity index (χ3v) is 3.92. The van der Waals surface area contributed by atoms with Crippen LogP contribution in [0.5, 0.6) is 0 Å². The fourth-order valence-corrected chi connectivity index (χ4v) is 2.46. The molecule has 134 valence electrons. The minimum Gasteiger partial charge on any atom is -0.468 e. The van der Waals surface area contributed by atoms with Crippen LogP contribution < -0.4 is 5.32 Å². The standard InChI is InChI=1S/C17H17ClN2O4.ClH/c1-24-17(21)16(9-12-5-3-2-4-6-12)19-11-13-10-14(20(22)23)7-8-15(13)18;/h2-8,10,16,19H,9,11H2,1H3;1H/t16-;/m0./s1. The zero-order valence-corrected chi connectivity index (χ0v) is 15.0. The number of non-ortho nitro benzene ring substituents is 1. The number of halogens is 2. The average molecular weight is 385 g/mol. The summed E-state index contributed by atoms with van der Waals surface area (Å²) in [7, 11) is 1.32. The molecule has 0 aliphatic carbocycles. The van der Waals surface area contributed by atoms with Gasteiger partial charge in [0.2, 0.25) is 0 Å². The molecule has 25 heavy (non-hydrogen) atoms. The third-order valence-electron chi connectivity index (χ3n) is 3.55. The van der Waals surface area contributed by atoms with Crippen LogP contribution in [0.3, 0.4) is 0 Å². The minimum absolute atomic E-state index is 0. The van der Waals surface area contributed by atoms with Gasteiger partial charge >= 0.3 is 5.97 Å². The molecule has 2 rings (SSSR count). The lowest BCUT2D eigenvalue weighted by Crippen LogP contribution is -2.39. The Kier molecular flexibility index (Phi) is 8.34. The van der Waals surface area contributed by atoms with Crippen LogP contribution in [-0.4, -0.2) is 24.0 Å². The molecule has 0 fully saturated rings. The Labute approximate surface area is 156 Å². The van der Waals surface area contributed by atoms with Crippen molar-refractivity contribution in [2.75, 3.05) is 7.11 Å². The second kappa shape index (κ2) is 9.98. The quantitative estimate of drug-likeness (QED) is 0.448. The lowest BCUT2D eigenvalue weighted by Gasteiger charge is -2.17. The predicted molar refractivity (Wildman–Crippen MR) is 98.1 cm³/mol. The largest absolute Gasteiger partial charge is 0.468 e. The van der Waals surface area contributed by atoms with Gasteiger partial charge in [-0.3, -0.25) is 20.2 Å². The maximum Gasteiger partial charge on any atom is 0.323 e. The molecule has 0 amide bonds. The second-order valence-electron chi connectivity index (χ2n) is 5.18. The van der Waals surface area contributed by atoms with Crippen molar-refractivity contribution < 1.29 is 14.5 Å². The van der Waals surface area contributed by atoms with E-state index in [0.717, 1.165) is 5.56 Å². The molecule has 0 aromatic heterocycles. The Bertz CT molecular complexity index is 726. The summed E-state index contributed by atoms with van der Waals surface area (Å²) in [5.41, 5.74) is 1.48. The van der Waals surface area contributed by atoms with Crippen LogP contribution in [0, 0.1) is 10.1 Å². The molecule has 0 saturated carbocycles. The SMILES string of the molecule is COC(=O)[C@H](Cc1ccccc1)NCc1cc([N+](=O)[O-])ccc1Cl.Cl. The third kappa shape index (κ3) is 6.01. The van der Waals surface area contributed by atoms with Crippen LogP contribution in [0.15, 0.2) is 48.5 Å². The Morgan fingerprint density at radius 3 is 2.56 bits per heavy atom. The number of carbonyl (C=O) groups excluding carboxylic acids is 1. The first-order valence-corrected chi connectivity index (χ1v) is 7.67. The zero-order chi connectivity index (χ0) is 17.5. The van der Waals surface area contributed by atoms with Crippen molar-refractivity contribution in [1.29, 1.82) is 0 Å². The molecule has 0 radical (unpaired) electrons. The van der Waals surface area contributed by atoms with Crippen molar-refractivity contribution in [3.63, 3.8) is 0 Å². The van der Waals surface area contributed by atoms with Gasteiger partial charge in [-0.05, 0) is 23.6 Å². The number of ether oxygens (including phenoxy) is 1. The predicted octanol–water partition coefficient (Wildman–Crippen LogP) is 3.54. The lowest BCUT2D eigenvalue weighted by atomic mass is 10.1. The minimum atomic E-state index is -0.576. The van der Waals surface area contributed by atoms with E-state index in [2.05, 4.69) is 5.32 Å². The highest BCUT2D eigenvalue weighted by molar-refractivity contribution is 6.31. The maximum atomic E-state index is 12.0. The van der Waals surface area contributed by atoms with E-state index in [9.17, 15) is 14.9 Å². The highest BCUT2D eigenvalue weighted by Gasteiger charge is 2.20. The van der Waals surface area contributed by atoms with E-state index < -0.39 is 16.9 Å². The number of methoxy groups -OCH3 is 1. The summed E-state index contributed by atoms with van der Waals surface area (Å²) in [6, 6.07) is 13.1. The molecule has 2 aromatic rings. The molecule has 2 aromatic carbocycles. The first-order chi connectivity index (χ1) is 11.5. The maximum absolute atomic E-state index is 12.0. The molecule has 0 saturated heterocycles. The van der Waals surface area contributed by atoms with Gasteiger partial charge in [-0.25, -0.2) is 0 Å². The molecule has 0 bridgehead atoms. The Morgan fingerprint density at radius 2 is 1.96 bits per heavy atom. The molecular formula is C17H18Cl2N2O4. The van der Waals surface area contributed by atoms with Crippen molar-refractivity contribution in [3.8, 4) is 0 Å². The molecule has 0 aliphatic heterocycles. The molecule has 1 atom stereocenters. The zero-order valence-electron chi connectivity index (χ0n) is 13.5. The topological polar surface area (TPSA) is 81.5 Å².